The molecule has 4 N–H and O–H groups in total. The van der Waals surface area contributed by atoms with Crippen LogP contribution in [0.4, 0.5) is 11.4 Å². The van der Waals surface area contributed by atoms with Gasteiger partial charge < -0.3 is 29.9 Å². The molecule has 2 aromatic carbocycles. The minimum atomic E-state index is -1.57. The van der Waals surface area contributed by atoms with E-state index in [0.717, 1.165) is 32.1 Å². The highest BCUT2D eigenvalue weighted by Crippen LogP contribution is 2.16. The Hall–Kier alpha value is -2.65. The van der Waals surface area contributed by atoms with Crippen LogP contribution in [0.15, 0.2) is 48.5 Å². The van der Waals surface area contributed by atoms with Crippen LogP contribution < -0.4 is 20.7 Å². The second kappa shape index (κ2) is 13.2. The van der Waals surface area contributed by atoms with Gasteiger partial charge in [-0.1, -0.05) is 43.5 Å². The predicted octanol–water partition coefficient (Wildman–Crippen LogP) is 0.403. The monoisotopic (exact) mass is 454 g/mol. The maximum Gasteiger partial charge on any atom is 0.488 e. The van der Waals surface area contributed by atoms with E-state index in [4.69, 9.17) is 0 Å². The molecule has 0 heterocycles. The van der Waals surface area contributed by atoms with Crippen LogP contribution in [0.1, 0.15) is 44.9 Å². The maximum atomic E-state index is 12.4. The number of anilines is 2. The van der Waals surface area contributed by atoms with Gasteiger partial charge in [-0.15, -0.1) is 0 Å². The molecule has 0 fully saturated rings. The SMILES string of the molecule is CN(C(=O)CCCCCCCC(=O)N(C)c1cccc(B(O)O)c1)c1cccc(B(O)O)c1. The van der Waals surface area contributed by atoms with Gasteiger partial charge in [-0.25, -0.2) is 0 Å². The van der Waals surface area contributed by atoms with Gasteiger partial charge in [0.05, 0.1) is 0 Å². The third-order valence-corrected chi connectivity index (χ3v) is 5.64. The smallest absolute Gasteiger partial charge is 0.423 e. The van der Waals surface area contributed by atoms with Crippen molar-refractivity contribution in [3.8, 4) is 0 Å². The third-order valence-electron chi connectivity index (χ3n) is 5.64. The number of amides is 2. The molecule has 2 rings (SSSR count). The number of benzene rings is 2. The van der Waals surface area contributed by atoms with Gasteiger partial charge in [-0.3, -0.25) is 9.59 Å². The van der Waals surface area contributed by atoms with E-state index in [1.54, 1.807) is 62.6 Å². The summed E-state index contributed by atoms with van der Waals surface area (Å²) >= 11 is 0. The lowest BCUT2D eigenvalue weighted by atomic mass is 9.80. The molecule has 176 valence electrons. The Balaban J connectivity index is 1.65. The summed E-state index contributed by atoms with van der Waals surface area (Å²) in [5, 5.41) is 37.1. The predicted molar refractivity (Wildman–Crippen MR) is 132 cm³/mol. The second-order valence-electron chi connectivity index (χ2n) is 8.11. The molecule has 0 unspecified atom stereocenters. The van der Waals surface area contributed by atoms with E-state index in [-0.39, 0.29) is 11.8 Å². The third kappa shape index (κ3) is 8.33. The Morgan fingerprint density at radius 3 is 1.39 bits per heavy atom. The molecule has 0 aliphatic heterocycles. The Labute approximate surface area is 195 Å². The Morgan fingerprint density at radius 1 is 0.667 bits per heavy atom. The molecule has 8 nitrogen and oxygen atoms in total. The number of hydrogen-bond donors (Lipinski definition) is 4. The molecule has 2 amide bonds. The fourth-order valence-corrected chi connectivity index (χ4v) is 3.49. The molecule has 0 atom stereocenters. The minimum Gasteiger partial charge on any atom is -0.423 e. The molecule has 0 aliphatic carbocycles. The van der Waals surface area contributed by atoms with Gasteiger partial charge in [-0.05, 0) is 48.0 Å². The van der Waals surface area contributed by atoms with Crippen molar-refractivity contribution < 1.29 is 29.7 Å². The standard InChI is InChI=1S/C23H32B2N2O6/c1-26(20-12-8-10-18(16-20)24(30)31)22(28)14-6-4-3-5-7-15-23(29)27(2)21-13-9-11-19(17-21)25(32)33/h8-13,16-17,30-33H,3-7,14-15H2,1-2H3. The summed E-state index contributed by atoms with van der Waals surface area (Å²) in [6, 6.07) is 13.2. The first-order valence-corrected chi connectivity index (χ1v) is 11.2. The summed E-state index contributed by atoms with van der Waals surface area (Å²) < 4.78 is 0. The van der Waals surface area contributed by atoms with E-state index >= 15 is 0 Å². The highest BCUT2D eigenvalue weighted by Gasteiger charge is 2.16. The van der Waals surface area contributed by atoms with Crippen molar-refractivity contribution in [1.82, 2.24) is 0 Å². The number of rotatable bonds is 12. The highest BCUT2D eigenvalue weighted by atomic mass is 16.4. The molecule has 10 heteroatoms. The molecule has 0 saturated heterocycles. The van der Waals surface area contributed by atoms with E-state index in [9.17, 15) is 29.7 Å². The van der Waals surface area contributed by atoms with E-state index < -0.39 is 14.2 Å². The molecule has 2 aromatic rings. The Morgan fingerprint density at radius 2 is 1.03 bits per heavy atom. The molecule has 33 heavy (non-hydrogen) atoms. The molecule has 0 aliphatic rings. The lowest BCUT2D eigenvalue weighted by molar-refractivity contribution is -0.119. The Bertz CT molecular complexity index is 852. The van der Waals surface area contributed by atoms with Crippen molar-refractivity contribution in [3.63, 3.8) is 0 Å². The largest absolute Gasteiger partial charge is 0.488 e. The van der Waals surface area contributed by atoms with Crippen LogP contribution in [0.2, 0.25) is 0 Å². The van der Waals surface area contributed by atoms with Crippen LogP contribution in [0, 0.1) is 0 Å². The van der Waals surface area contributed by atoms with Gasteiger partial charge in [0.1, 0.15) is 0 Å². The summed E-state index contributed by atoms with van der Waals surface area (Å²) in [6.45, 7) is 0. The number of carbonyl (C=O) groups is 2. The maximum absolute atomic E-state index is 12.4. The molecular formula is C23H32B2N2O6. The summed E-state index contributed by atoms with van der Waals surface area (Å²) in [5.41, 5.74) is 1.91. The first-order chi connectivity index (χ1) is 15.7. The number of carbonyl (C=O) groups excluding carboxylic acids is 2. The van der Waals surface area contributed by atoms with Gasteiger partial charge in [0.25, 0.3) is 0 Å². The first-order valence-electron chi connectivity index (χ1n) is 11.2. The summed E-state index contributed by atoms with van der Waals surface area (Å²) in [5.74, 6) is -0.0711. The lowest BCUT2D eigenvalue weighted by Crippen LogP contribution is -2.32. The van der Waals surface area contributed by atoms with Crippen molar-refractivity contribution >= 4 is 48.4 Å². The van der Waals surface area contributed by atoms with Crippen LogP contribution in [0.5, 0.6) is 0 Å². The van der Waals surface area contributed by atoms with Gasteiger partial charge in [-0.2, -0.15) is 0 Å². The fraction of sp³-hybridized carbons (Fsp3) is 0.391. The zero-order valence-corrected chi connectivity index (χ0v) is 19.2. The number of unbranched alkanes of at least 4 members (excludes halogenated alkanes) is 4. The van der Waals surface area contributed by atoms with Crippen molar-refractivity contribution in [2.45, 2.75) is 44.9 Å². The Kier molecular flexibility index (Phi) is 10.6. The number of hydrogen-bond acceptors (Lipinski definition) is 6. The van der Waals surface area contributed by atoms with Crippen LogP contribution in [0.25, 0.3) is 0 Å². The van der Waals surface area contributed by atoms with Gasteiger partial charge in [0.2, 0.25) is 11.8 Å². The molecule has 0 aromatic heterocycles. The topological polar surface area (TPSA) is 122 Å². The molecule has 0 spiro atoms. The van der Waals surface area contributed by atoms with Gasteiger partial charge >= 0.3 is 14.2 Å². The van der Waals surface area contributed by atoms with E-state index in [1.165, 1.54) is 9.80 Å². The first kappa shape index (κ1) is 26.6. The van der Waals surface area contributed by atoms with E-state index in [0.29, 0.717) is 35.1 Å². The average Bonchev–Trinajstić information content (AvgIpc) is 2.82. The zero-order valence-electron chi connectivity index (χ0n) is 19.2. The van der Waals surface area contributed by atoms with Gasteiger partial charge in [0, 0.05) is 38.3 Å². The summed E-state index contributed by atoms with van der Waals surface area (Å²) in [6.07, 6.45) is 4.98. The quantitative estimate of drug-likeness (QED) is 0.272. The van der Waals surface area contributed by atoms with Crippen molar-refractivity contribution in [3.05, 3.63) is 48.5 Å². The lowest BCUT2D eigenvalue weighted by Gasteiger charge is -2.18. The van der Waals surface area contributed by atoms with Gasteiger partial charge in [0.15, 0.2) is 0 Å². The summed E-state index contributed by atoms with van der Waals surface area (Å²) in [4.78, 5) is 27.8. The van der Waals surface area contributed by atoms with Crippen LogP contribution in [-0.2, 0) is 9.59 Å². The normalized spacial score (nSPS) is 10.6. The summed E-state index contributed by atoms with van der Waals surface area (Å²) in [7, 11) is 0.201. The van der Waals surface area contributed by atoms with E-state index in [1.807, 2.05) is 0 Å². The zero-order chi connectivity index (χ0) is 24.4. The molecular weight excluding hydrogens is 422 g/mol. The van der Waals surface area contributed by atoms with Crippen LogP contribution >= 0.6 is 0 Å². The molecule has 0 bridgehead atoms. The van der Waals surface area contributed by atoms with Crippen LogP contribution in [0.3, 0.4) is 0 Å². The molecule has 0 saturated carbocycles. The van der Waals surface area contributed by atoms with Crippen LogP contribution in [-0.4, -0.2) is 60.2 Å². The van der Waals surface area contributed by atoms with Crippen molar-refractivity contribution in [1.29, 1.82) is 0 Å². The van der Waals surface area contributed by atoms with Crippen molar-refractivity contribution in [2.24, 2.45) is 0 Å². The average molecular weight is 454 g/mol. The minimum absolute atomic E-state index is 0.0355. The highest BCUT2D eigenvalue weighted by molar-refractivity contribution is 6.59. The second-order valence-corrected chi connectivity index (χ2v) is 8.11. The molecule has 0 radical (unpaired) electrons. The van der Waals surface area contributed by atoms with Crippen molar-refractivity contribution in [2.75, 3.05) is 23.9 Å². The number of nitrogens with zero attached hydrogens (tertiary/aromatic N) is 2. The van der Waals surface area contributed by atoms with E-state index in [2.05, 4.69) is 0 Å². The fourth-order valence-electron chi connectivity index (χ4n) is 3.49.